The summed E-state index contributed by atoms with van der Waals surface area (Å²) in [4.78, 5) is 17.7. The molecule has 1 unspecified atom stereocenters. The van der Waals surface area contributed by atoms with Gasteiger partial charge in [0.25, 0.3) is 5.91 Å². The Hall–Kier alpha value is -3.66. The highest BCUT2D eigenvalue weighted by Gasteiger charge is 2.37. The Bertz CT molecular complexity index is 1710. The zero-order valence-corrected chi connectivity index (χ0v) is 24.0. The Morgan fingerprint density at radius 3 is 2.50 bits per heavy atom. The maximum absolute atomic E-state index is 15.6. The predicted octanol–water partition coefficient (Wildman–Crippen LogP) is 7.64. The van der Waals surface area contributed by atoms with Crippen LogP contribution in [-0.2, 0) is 5.67 Å². The zero-order valence-electron chi connectivity index (χ0n) is 23.3. The Balaban J connectivity index is 1.33. The standard InChI is InChI=1S/C31H29ClF4N4O2/c1-31(2,36)21-11-25(38-29(27(21)35)19-10-22(32)24(34)12-23(19)33)20(15-4-5-15)13-37-30(41)16-8-17-14-40(18-6-7-18)39-28(17)26(9-16)42-3/h8-12,14-15,18,20H,4-7,13H2,1-3H3,(H,37,41). The quantitative estimate of drug-likeness (QED) is 0.158. The number of alkyl halides is 1. The number of hydrogen-bond donors (Lipinski definition) is 1. The minimum atomic E-state index is -2.13. The smallest absolute Gasteiger partial charge is 0.251 e. The van der Waals surface area contributed by atoms with Gasteiger partial charge in [-0.05, 0) is 69.7 Å². The van der Waals surface area contributed by atoms with E-state index in [1.165, 1.54) is 27.0 Å². The van der Waals surface area contributed by atoms with Crippen molar-refractivity contribution in [3.05, 3.63) is 75.8 Å². The predicted molar refractivity (Wildman–Crippen MR) is 151 cm³/mol. The summed E-state index contributed by atoms with van der Waals surface area (Å²) in [6, 6.07) is 6.57. The summed E-state index contributed by atoms with van der Waals surface area (Å²) in [7, 11) is 1.52. The number of carbonyl (C=O) groups is 1. The van der Waals surface area contributed by atoms with Crippen molar-refractivity contribution in [3.8, 4) is 17.0 Å². The molecule has 0 aliphatic heterocycles. The van der Waals surface area contributed by atoms with Crippen LogP contribution in [0.1, 0.15) is 73.1 Å². The number of amides is 1. The highest BCUT2D eigenvalue weighted by atomic mass is 35.5. The maximum atomic E-state index is 15.6. The fourth-order valence-electron chi connectivity index (χ4n) is 5.30. The summed E-state index contributed by atoms with van der Waals surface area (Å²) in [6.07, 6.45) is 5.70. The molecule has 2 aromatic carbocycles. The number of halogens is 5. The van der Waals surface area contributed by atoms with E-state index in [0.29, 0.717) is 34.6 Å². The lowest BCUT2D eigenvalue weighted by molar-refractivity contribution is 0.0949. The highest BCUT2D eigenvalue weighted by Crippen LogP contribution is 2.44. The largest absolute Gasteiger partial charge is 0.494 e. The van der Waals surface area contributed by atoms with Gasteiger partial charge in [-0.3, -0.25) is 9.48 Å². The number of hydrogen-bond acceptors (Lipinski definition) is 4. The molecule has 1 N–H and O–H groups in total. The van der Waals surface area contributed by atoms with Crippen LogP contribution in [0.25, 0.3) is 22.2 Å². The van der Waals surface area contributed by atoms with E-state index in [-0.39, 0.29) is 29.5 Å². The van der Waals surface area contributed by atoms with Gasteiger partial charge >= 0.3 is 0 Å². The van der Waals surface area contributed by atoms with Crippen LogP contribution in [0.2, 0.25) is 5.02 Å². The molecule has 6 nitrogen and oxygen atoms in total. The zero-order chi connectivity index (χ0) is 29.9. The molecule has 2 aromatic heterocycles. The van der Waals surface area contributed by atoms with E-state index in [0.717, 1.165) is 37.1 Å². The SMILES string of the molecule is COc1cc(C(=O)NCC(c2cc(C(C)(C)F)c(F)c(-c3cc(Cl)c(F)cc3F)n2)C2CC2)cc2cn(C3CC3)nc12. The molecule has 1 amide bonds. The Morgan fingerprint density at radius 1 is 1.12 bits per heavy atom. The first-order valence-electron chi connectivity index (χ1n) is 13.8. The minimum Gasteiger partial charge on any atom is -0.494 e. The lowest BCUT2D eigenvalue weighted by Gasteiger charge is -2.23. The molecule has 42 heavy (non-hydrogen) atoms. The molecule has 6 rings (SSSR count). The van der Waals surface area contributed by atoms with Crippen molar-refractivity contribution in [1.82, 2.24) is 20.1 Å². The molecule has 2 saturated carbocycles. The van der Waals surface area contributed by atoms with Gasteiger partial charge in [-0.25, -0.2) is 22.5 Å². The monoisotopic (exact) mass is 600 g/mol. The van der Waals surface area contributed by atoms with E-state index in [1.54, 1.807) is 12.1 Å². The summed E-state index contributed by atoms with van der Waals surface area (Å²) in [5.74, 6) is -3.32. The third-order valence-corrected chi connectivity index (χ3v) is 8.22. The molecule has 0 spiro atoms. The van der Waals surface area contributed by atoms with E-state index in [1.807, 2.05) is 10.9 Å². The molecule has 0 bridgehead atoms. The number of rotatable bonds is 9. The molecule has 2 heterocycles. The van der Waals surface area contributed by atoms with Crippen LogP contribution in [-0.4, -0.2) is 34.3 Å². The number of benzene rings is 2. The number of methoxy groups -OCH3 is 1. The molecular formula is C31H29ClF4N4O2. The van der Waals surface area contributed by atoms with Crippen molar-refractivity contribution in [2.24, 2.45) is 5.92 Å². The van der Waals surface area contributed by atoms with Crippen LogP contribution < -0.4 is 10.1 Å². The van der Waals surface area contributed by atoms with E-state index >= 15 is 8.78 Å². The Morgan fingerprint density at radius 2 is 1.86 bits per heavy atom. The Labute approximate surface area is 245 Å². The number of ether oxygens (including phenoxy) is 1. The van der Waals surface area contributed by atoms with E-state index < -0.39 is 39.8 Å². The number of nitrogens with one attached hydrogen (secondary N) is 1. The van der Waals surface area contributed by atoms with Crippen LogP contribution >= 0.6 is 11.6 Å². The first-order valence-corrected chi connectivity index (χ1v) is 14.2. The first-order chi connectivity index (χ1) is 19.9. The fraction of sp³-hybridized carbons (Fsp3) is 0.387. The van der Waals surface area contributed by atoms with E-state index in [2.05, 4.69) is 15.4 Å². The molecule has 1 atom stereocenters. The summed E-state index contributed by atoms with van der Waals surface area (Å²) < 4.78 is 66.9. The second kappa shape index (κ2) is 10.6. The van der Waals surface area contributed by atoms with Crippen molar-refractivity contribution >= 4 is 28.4 Å². The molecule has 2 fully saturated rings. The van der Waals surface area contributed by atoms with Gasteiger partial charge in [-0.1, -0.05) is 11.6 Å². The van der Waals surface area contributed by atoms with E-state index in [9.17, 15) is 13.6 Å². The topological polar surface area (TPSA) is 69.0 Å². The fourth-order valence-corrected chi connectivity index (χ4v) is 5.47. The van der Waals surface area contributed by atoms with Crippen molar-refractivity contribution in [1.29, 1.82) is 0 Å². The molecule has 4 aromatic rings. The van der Waals surface area contributed by atoms with Crippen LogP contribution in [0.5, 0.6) is 5.75 Å². The average molecular weight is 601 g/mol. The second-order valence-corrected chi connectivity index (χ2v) is 12.0. The van der Waals surface area contributed by atoms with Crippen molar-refractivity contribution in [2.75, 3.05) is 13.7 Å². The number of pyridine rings is 1. The highest BCUT2D eigenvalue weighted by molar-refractivity contribution is 6.31. The average Bonchev–Trinajstić information content (AvgIpc) is 3.88. The molecule has 2 aliphatic rings. The summed E-state index contributed by atoms with van der Waals surface area (Å²) in [5.41, 5.74) is -1.94. The molecular weight excluding hydrogens is 572 g/mol. The van der Waals surface area contributed by atoms with Crippen LogP contribution in [0.4, 0.5) is 17.6 Å². The Kier molecular flexibility index (Phi) is 7.15. The third-order valence-electron chi connectivity index (χ3n) is 7.93. The number of carbonyl (C=O) groups excluding carboxylic acids is 1. The van der Waals surface area contributed by atoms with Crippen molar-refractivity contribution in [3.63, 3.8) is 0 Å². The van der Waals surface area contributed by atoms with E-state index in [4.69, 9.17) is 16.3 Å². The molecule has 2 aliphatic carbocycles. The molecule has 0 radical (unpaired) electrons. The van der Waals surface area contributed by atoms with Crippen molar-refractivity contribution < 1.29 is 27.1 Å². The normalized spacial score (nSPS) is 16.1. The van der Waals surface area contributed by atoms with Gasteiger partial charge in [0.15, 0.2) is 5.82 Å². The minimum absolute atomic E-state index is 0.0992. The lowest BCUT2D eigenvalue weighted by atomic mass is 9.91. The third kappa shape index (κ3) is 5.44. The van der Waals surface area contributed by atoms with Gasteiger partial charge in [0.1, 0.15) is 34.3 Å². The molecule has 220 valence electrons. The number of aromatic nitrogens is 3. The summed E-state index contributed by atoms with van der Waals surface area (Å²) >= 11 is 5.87. The van der Waals surface area contributed by atoms with Crippen LogP contribution in [0, 0.1) is 23.4 Å². The molecule has 11 heteroatoms. The van der Waals surface area contributed by atoms with Crippen molar-refractivity contribution in [2.45, 2.75) is 57.2 Å². The van der Waals surface area contributed by atoms with Gasteiger partial charge in [0.2, 0.25) is 0 Å². The maximum Gasteiger partial charge on any atom is 0.251 e. The molecule has 0 saturated heterocycles. The summed E-state index contributed by atoms with van der Waals surface area (Å²) in [5, 5.41) is 7.92. The number of nitrogens with zero attached hydrogens (tertiary/aromatic N) is 3. The van der Waals surface area contributed by atoms with Crippen LogP contribution in [0.3, 0.4) is 0 Å². The lowest BCUT2D eigenvalue weighted by Crippen LogP contribution is -2.30. The van der Waals surface area contributed by atoms with Gasteiger partial charge in [-0.15, -0.1) is 0 Å². The van der Waals surface area contributed by atoms with Gasteiger partial charge in [0.05, 0.1) is 18.2 Å². The first kappa shape index (κ1) is 28.5. The van der Waals surface area contributed by atoms with Gasteiger partial charge < -0.3 is 10.1 Å². The number of fused-ring (bicyclic) bond motifs is 1. The van der Waals surface area contributed by atoms with Gasteiger partial charge in [-0.2, -0.15) is 5.10 Å². The summed E-state index contributed by atoms with van der Waals surface area (Å²) in [6.45, 7) is 2.51. The second-order valence-electron chi connectivity index (χ2n) is 11.6. The van der Waals surface area contributed by atoms with Gasteiger partial charge in [0, 0.05) is 52.5 Å². The van der Waals surface area contributed by atoms with Crippen LogP contribution in [0.15, 0.2) is 36.5 Å².